The highest BCUT2D eigenvalue weighted by Gasteiger charge is 2.26. The van der Waals surface area contributed by atoms with E-state index < -0.39 is 5.92 Å². The molecule has 0 unspecified atom stereocenters. The molecule has 142 valence electrons. The number of hydrogen-bond acceptors (Lipinski definition) is 3. The normalized spacial score (nSPS) is 14.5. The zero-order chi connectivity index (χ0) is 19.4. The number of ketones is 1. The van der Waals surface area contributed by atoms with Gasteiger partial charge in [-0.15, -0.1) is 0 Å². The fourth-order valence-electron chi connectivity index (χ4n) is 3.68. The third-order valence-electron chi connectivity index (χ3n) is 5.17. The van der Waals surface area contributed by atoms with Gasteiger partial charge in [0.25, 0.3) is 0 Å². The topological polar surface area (TPSA) is 43.4 Å². The molecule has 0 bridgehead atoms. The van der Waals surface area contributed by atoms with E-state index in [1.165, 1.54) is 17.5 Å². The first-order chi connectivity index (χ1) is 13.0. The highest BCUT2D eigenvalue weighted by Crippen LogP contribution is 2.27. The minimum atomic E-state index is -0.418. The Morgan fingerprint density at radius 2 is 1.67 bits per heavy atom. The van der Waals surface area contributed by atoms with Gasteiger partial charge >= 0.3 is 5.97 Å². The first-order valence-corrected chi connectivity index (χ1v) is 9.90. The number of esters is 1. The van der Waals surface area contributed by atoms with Crippen LogP contribution in [-0.4, -0.2) is 18.4 Å². The average Bonchev–Trinajstić information content (AvgIpc) is 2.67. The lowest BCUT2D eigenvalue weighted by Crippen LogP contribution is -2.23. The van der Waals surface area contributed by atoms with Gasteiger partial charge in [0.1, 0.15) is 0 Å². The summed E-state index contributed by atoms with van der Waals surface area (Å²) in [6.45, 7) is 3.70. The van der Waals surface area contributed by atoms with Crippen molar-refractivity contribution in [3.63, 3.8) is 0 Å². The Hall–Kier alpha value is -2.13. The maximum atomic E-state index is 12.6. The number of aryl methyl sites for hydroxylation is 2. The summed E-state index contributed by atoms with van der Waals surface area (Å²) in [7, 11) is 0. The molecule has 1 aliphatic rings. The van der Waals surface area contributed by atoms with E-state index in [2.05, 4.69) is 0 Å². The minimum absolute atomic E-state index is 0.0533. The summed E-state index contributed by atoms with van der Waals surface area (Å²) in [5, 5.41) is 0.622. The third-order valence-corrected chi connectivity index (χ3v) is 5.42. The van der Waals surface area contributed by atoms with Crippen molar-refractivity contribution in [3.8, 4) is 0 Å². The van der Waals surface area contributed by atoms with Gasteiger partial charge in [-0.25, -0.2) is 0 Å². The van der Waals surface area contributed by atoms with Gasteiger partial charge < -0.3 is 4.74 Å². The van der Waals surface area contributed by atoms with Gasteiger partial charge in [-0.3, -0.25) is 9.59 Å². The second-order valence-electron chi connectivity index (χ2n) is 7.49. The molecular weight excluding hydrogens is 360 g/mol. The molecule has 3 nitrogen and oxygen atoms in total. The van der Waals surface area contributed by atoms with E-state index in [1.54, 1.807) is 12.1 Å². The molecule has 3 rings (SSSR count). The summed E-state index contributed by atoms with van der Waals surface area (Å²) in [5.74, 6) is -0.898. The molecule has 0 aromatic heterocycles. The average molecular weight is 385 g/mol. The maximum absolute atomic E-state index is 12.6. The van der Waals surface area contributed by atoms with Gasteiger partial charge in [0, 0.05) is 10.6 Å². The third kappa shape index (κ3) is 4.78. The molecule has 2 aromatic rings. The van der Waals surface area contributed by atoms with E-state index >= 15 is 0 Å². The zero-order valence-electron chi connectivity index (χ0n) is 15.8. The number of benzene rings is 2. The second-order valence-corrected chi connectivity index (χ2v) is 7.93. The minimum Gasteiger partial charge on any atom is -0.457 e. The second kappa shape index (κ2) is 8.71. The van der Waals surface area contributed by atoms with Crippen LogP contribution in [0, 0.1) is 5.92 Å². The van der Waals surface area contributed by atoms with Gasteiger partial charge in [-0.2, -0.15) is 0 Å². The predicted molar refractivity (Wildman–Crippen MR) is 107 cm³/mol. The summed E-state index contributed by atoms with van der Waals surface area (Å²) < 4.78 is 5.39. The first kappa shape index (κ1) is 19.6. The van der Waals surface area contributed by atoms with Crippen LogP contribution in [0.1, 0.15) is 59.7 Å². The number of fused-ring (bicyclic) bond motifs is 1. The molecule has 0 aliphatic heterocycles. The lowest BCUT2D eigenvalue weighted by Gasteiger charge is -2.20. The Morgan fingerprint density at radius 1 is 1.00 bits per heavy atom. The van der Waals surface area contributed by atoms with Crippen molar-refractivity contribution in [2.75, 3.05) is 6.61 Å². The van der Waals surface area contributed by atoms with Crippen LogP contribution in [0.5, 0.6) is 0 Å². The van der Waals surface area contributed by atoms with Crippen LogP contribution < -0.4 is 0 Å². The molecule has 0 amide bonds. The molecule has 2 aromatic carbocycles. The van der Waals surface area contributed by atoms with Crippen molar-refractivity contribution in [3.05, 3.63) is 69.7 Å². The van der Waals surface area contributed by atoms with Crippen molar-refractivity contribution in [2.45, 2.75) is 45.4 Å². The van der Waals surface area contributed by atoms with Crippen molar-refractivity contribution in [2.24, 2.45) is 5.92 Å². The Kier molecular flexibility index (Phi) is 6.33. The predicted octanol–water partition coefficient (Wildman–Crippen LogP) is 5.38. The molecule has 0 saturated heterocycles. The highest BCUT2D eigenvalue weighted by atomic mass is 35.5. The molecule has 0 radical (unpaired) electrons. The van der Waals surface area contributed by atoms with E-state index in [0.29, 0.717) is 10.6 Å². The largest absolute Gasteiger partial charge is 0.457 e. The summed E-state index contributed by atoms with van der Waals surface area (Å²) in [4.78, 5) is 25.1. The Balaban J connectivity index is 1.66. The monoisotopic (exact) mass is 384 g/mol. The first-order valence-electron chi connectivity index (χ1n) is 9.53. The van der Waals surface area contributed by atoms with E-state index in [-0.39, 0.29) is 24.3 Å². The number of hydrogen-bond donors (Lipinski definition) is 0. The smallest absolute Gasteiger partial charge is 0.314 e. The van der Waals surface area contributed by atoms with Crippen molar-refractivity contribution < 1.29 is 14.3 Å². The lowest BCUT2D eigenvalue weighted by atomic mass is 9.88. The van der Waals surface area contributed by atoms with E-state index in [4.69, 9.17) is 16.3 Å². The van der Waals surface area contributed by atoms with Gasteiger partial charge in [0.05, 0.1) is 5.92 Å². The van der Waals surface area contributed by atoms with Crippen LogP contribution in [0.4, 0.5) is 0 Å². The summed E-state index contributed by atoms with van der Waals surface area (Å²) >= 11 is 5.94. The Morgan fingerprint density at radius 3 is 2.33 bits per heavy atom. The van der Waals surface area contributed by atoms with E-state index in [1.807, 2.05) is 44.2 Å². The molecule has 27 heavy (non-hydrogen) atoms. The fourth-order valence-corrected chi connectivity index (χ4v) is 3.81. The number of carbonyl (C=O) groups is 2. The van der Waals surface area contributed by atoms with Gasteiger partial charge in [-0.05, 0) is 66.5 Å². The molecule has 4 heteroatoms. The molecule has 0 spiro atoms. The van der Waals surface area contributed by atoms with E-state index in [9.17, 15) is 9.59 Å². The standard InChI is InChI=1S/C23H25ClO3/c1-15(2)22(17-9-11-20(24)12-10-17)23(26)27-14-21(25)19-8-7-16-5-3-4-6-18(16)13-19/h7-13,15,22H,3-6,14H2,1-2H3/t22-/m0/s1. The SMILES string of the molecule is CC(C)[C@H](C(=O)OCC(=O)c1ccc2c(c1)CCCC2)c1ccc(Cl)cc1. The number of Topliss-reactive ketones (excluding diaryl/α,β-unsaturated/α-hetero) is 1. The molecule has 0 heterocycles. The van der Waals surface area contributed by atoms with E-state index in [0.717, 1.165) is 24.8 Å². The van der Waals surface area contributed by atoms with Gasteiger partial charge in [0.15, 0.2) is 12.4 Å². The van der Waals surface area contributed by atoms with Crippen LogP contribution in [-0.2, 0) is 22.4 Å². The van der Waals surface area contributed by atoms with Crippen LogP contribution in [0.15, 0.2) is 42.5 Å². The number of carbonyl (C=O) groups excluding carboxylic acids is 2. The quantitative estimate of drug-likeness (QED) is 0.495. The summed E-state index contributed by atoms with van der Waals surface area (Å²) in [6, 6.07) is 13.0. The lowest BCUT2D eigenvalue weighted by molar-refractivity contribution is -0.145. The Labute approximate surface area is 165 Å². The molecular formula is C23H25ClO3. The van der Waals surface area contributed by atoms with Gasteiger partial charge in [-0.1, -0.05) is 49.7 Å². The van der Waals surface area contributed by atoms with Crippen molar-refractivity contribution in [1.29, 1.82) is 0 Å². The van der Waals surface area contributed by atoms with Crippen LogP contribution in [0.25, 0.3) is 0 Å². The molecule has 0 N–H and O–H groups in total. The van der Waals surface area contributed by atoms with Gasteiger partial charge in [0.2, 0.25) is 0 Å². The summed E-state index contributed by atoms with van der Waals surface area (Å²) in [5.41, 5.74) is 4.05. The number of halogens is 1. The molecule has 1 atom stereocenters. The van der Waals surface area contributed by atoms with Crippen LogP contribution in [0.2, 0.25) is 5.02 Å². The van der Waals surface area contributed by atoms with Crippen molar-refractivity contribution >= 4 is 23.4 Å². The fraction of sp³-hybridized carbons (Fsp3) is 0.391. The molecule has 0 fully saturated rings. The molecule has 1 aliphatic carbocycles. The van der Waals surface area contributed by atoms with Crippen molar-refractivity contribution in [1.82, 2.24) is 0 Å². The Bertz CT molecular complexity index is 824. The zero-order valence-corrected chi connectivity index (χ0v) is 16.6. The maximum Gasteiger partial charge on any atom is 0.314 e. The summed E-state index contributed by atoms with van der Waals surface area (Å²) in [6.07, 6.45) is 4.47. The number of ether oxygens (including phenoxy) is 1. The molecule has 0 saturated carbocycles. The highest BCUT2D eigenvalue weighted by molar-refractivity contribution is 6.30. The number of rotatable bonds is 6. The van der Waals surface area contributed by atoms with Crippen LogP contribution in [0.3, 0.4) is 0 Å². The van der Waals surface area contributed by atoms with Crippen LogP contribution >= 0.6 is 11.6 Å².